The molecular weight excluding hydrogens is 312 g/mol. The molecular formula is C16H16N4O4. The SMILES string of the molecule is NN1CC[C@]23c4c5ccc(N=O)c4O[C@H]2C(=O)CC[C@@]3(N=O)[C@H]1C5. The van der Waals surface area contributed by atoms with Gasteiger partial charge in [-0.25, -0.2) is 5.01 Å². The number of hydrogen-bond donors (Lipinski definition) is 1. The van der Waals surface area contributed by atoms with Crippen LogP contribution in [0, 0.1) is 9.81 Å². The fourth-order valence-electron chi connectivity index (χ4n) is 5.62. The van der Waals surface area contributed by atoms with Crippen molar-refractivity contribution in [1.82, 2.24) is 5.01 Å². The summed E-state index contributed by atoms with van der Waals surface area (Å²) in [5.41, 5.74) is 0.112. The molecule has 0 unspecified atom stereocenters. The third-order valence-corrected chi connectivity index (χ3v) is 6.56. The van der Waals surface area contributed by atoms with Crippen LogP contribution in [0.5, 0.6) is 5.75 Å². The monoisotopic (exact) mass is 328 g/mol. The molecule has 1 saturated heterocycles. The number of ether oxygens (including phenoxy) is 1. The van der Waals surface area contributed by atoms with Crippen LogP contribution in [-0.4, -0.2) is 35.0 Å². The molecule has 0 radical (unpaired) electrons. The minimum atomic E-state index is -1.00. The number of nitrogens with zero attached hydrogens (tertiary/aromatic N) is 3. The second-order valence-corrected chi connectivity index (χ2v) is 7.20. The van der Waals surface area contributed by atoms with E-state index in [1.54, 1.807) is 11.1 Å². The van der Waals surface area contributed by atoms with E-state index in [0.29, 0.717) is 31.6 Å². The lowest BCUT2D eigenvalue weighted by molar-refractivity contribution is -0.141. The first-order chi connectivity index (χ1) is 11.6. The van der Waals surface area contributed by atoms with E-state index in [1.807, 2.05) is 6.07 Å². The molecule has 1 aromatic carbocycles. The largest absolute Gasteiger partial charge is 0.479 e. The zero-order chi connectivity index (χ0) is 16.7. The van der Waals surface area contributed by atoms with Crippen LogP contribution in [0.2, 0.25) is 0 Å². The summed E-state index contributed by atoms with van der Waals surface area (Å²) in [6.45, 7) is 0.548. The predicted molar refractivity (Wildman–Crippen MR) is 83.8 cm³/mol. The molecule has 0 aromatic heterocycles. The first-order valence-electron chi connectivity index (χ1n) is 8.14. The number of rotatable bonds is 2. The van der Waals surface area contributed by atoms with E-state index >= 15 is 0 Å². The minimum absolute atomic E-state index is 0.0422. The Morgan fingerprint density at radius 1 is 1.29 bits per heavy atom. The van der Waals surface area contributed by atoms with Crippen LogP contribution in [0.3, 0.4) is 0 Å². The van der Waals surface area contributed by atoms with Crippen molar-refractivity contribution in [3.63, 3.8) is 0 Å². The maximum atomic E-state index is 12.6. The van der Waals surface area contributed by atoms with Gasteiger partial charge in [-0.1, -0.05) is 11.2 Å². The van der Waals surface area contributed by atoms with Gasteiger partial charge in [0.15, 0.2) is 17.6 Å². The van der Waals surface area contributed by atoms with E-state index in [0.717, 1.165) is 11.1 Å². The van der Waals surface area contributed by atoms with Crippen molar-refractivity contribution in [2.24, 2.45) is 16.2 Å². The third kappa shape index (κ3) is 1.25. The van der Waals surface area contributed by atoms with Crippen molar-refractivity contribution in [1.29, 1.82) is 0 Å². The van der Waals surface area contributed by atoms with Gasteiger partial charge in [-0.05, 0) is 36.1 Å². The van der Waals surface area contributed by atoms with Crippen molar-refractivity contribution in [3.8, 4) is 5.75 Å². The molecule has 8 heteroatoms. The fraction of sp³-hybridized carbons (Fsp3) is 0.562. The fourth-order valence-corrected chi connectivity index (χ4v) is 5.62. The molecule has 2 aliphatic heterocycles. The number of nitrogens with two attached hydrogens (primary N) is 1. The number of hydrazine groups is 1. The van der Waals surface area contributed by atoms with E-state index in [4.69, 9.17) is 10.6 Å². The van der Waals surface area contributed by atoms with Crippen molar-refractivity contribution in [3.05, 3.63) is 33.1 Å². The normalized spacial score (nSPS) is 39.1. The Kier molecular flexibility index (Phi) is 2.51. The number of nitroso groups, excluding NO2 is 2. The highest BCUT2D eigenvalue weighted by Gasteiger charge is 2.74. The Balaban J connectivity index is 1.90. The molecule has 8 nitrogen and oxygen atoms in total. The molecule has 5 rings (SSSR count). The van der Waals surface area contributed by atoms with Gasteiger partial charge in [0.05, 0.1) is 11.5 Å². The Morgan fingerprint density at radius 2 is 2.12 bits per heavy atom. The second kappa shape index (κ2) is 4.25. The first kappa shape index (κ1) is 14.2. The Hall–Kier alpha value is -2.19. The summed E-state index contributed by atoms with van der Waals surface area (Å²) in [5.74, 6) is 6.52. The summed E-state index contributed by atoms with van der Waals surface area (Å²) >= 11 is 0. The van der Waals surface area contributed by atoms with Crippen LogP contribution >= 0.6 is 0 Å². The Bertz CT molecular complexity index is 812. The summed E-state index contributed by atoms with van der Waals surface area (Å²) in [6.07, 6.45) is 0.873. The lowest BCUT2D eigenvalue weighted by Gasteiger charge is -2.60. The van der Waals surface area contributed by atoms with Crippen LogP contribution in [0.4, 0.5) is 5.69 Å². The zero-order valence-corrected chi connectivity index (χ0v) is 12.9. The molecule has 124 valence electrons. The highest BCUT2D eigenvalue weighted by atomic mass is 16.5. The van der Waals surface area contributed by atoms with E-state index in [-0.39, 0.29) is 23.9 Å². The van der Waals surface area contributed by atoms with Crippen molar-refractivity contribution in [2.75, 3.05) is 6.54 Å². The topological polar surface area (TPSA) is 114 Å². The number of carbonyl (C=O) groups excluding carboxylic acids is 1. The molecule has 2 fully saturated rings. The molecule has 24 heavy (non-hydrogen) atoms. The predicted octanol–water partition coefficient (Wildman–Crippen LogP) is 1.46. The molecule has 0 amide bonds. The standard InChI is InChI=1S/C16H16N4O4/c17-20-6-5-15-12-8-1-2-9(18-22)13(12)24-14(15)10(21)3-4-16(15,19-23)11(20)7-8/h1-2,11,14H,3-7,17H2/t11-,14+,15+,16-/m1/s1. The Morgan fingerprint density at radius 3 is 2.88 bits per heavy atom. The summed E-state index contributed by atoms with van der Waals surface area (Å²) in [5, 5.41) is 8.32. The molecule has 4 atom stereocenters. The van der Waals surface area contributed by atoms with E-state index in [1.165, 1.54) is 0 Å². The van der Waals surface area contributed by atoms with Gasteiger partial charge in [0.2, 0.25) is 0 Å². The highest BCUT2D eigenvalue weighted by Crippen LogP contribution is 2.65. The van der Waals surface area contributed by atoms with Crippen LogP contribution < -0.4 is 10.6 Å². The minimum Gasteiger partial charge on any atom is -0.479 e. The summed E-state index contributed by atoms with van der Waals surface area (Å²) in [6, 6.07) is 3.18. The van der Waals surface area contributed by atoms with Gasteiger partial charge in [0.25, 0.3) is 0 Å². The van der Waals surface area contributed by atoms with Crippen LogP contribution in [-0.2, 0) is 16.6 Å². The van der Waals surface area contributed by atoms with Gasteiger partial charge in [-0.2, -0.15) is 4.91 Å². The van der Waals surface area contributed by atoms with Crippen LogP contribution in [0.1, 0.15) is 30.4 Å². The van der Waals surface area contributed by atoms with Gasteiger partial charge in [0.1, 0.15) is 11.2 Å². The van der Waals surface area contributed by atoms with Gasteiger partial charge in [-0.3, -0.25) is 10.6 Å². The summed E-state index contributed by atoms with van der Waals surface area (Å²) in [7, 11) is 0. The zero-order valence-electron chi connectivity index (χ0n) is 12.9. The van der Waals surface area contributed by atoms with Gasteiger partial charge >= 0.3 is 0 Å². The molecule has 1 saturated carbocycles. The van der Waals surface area contributed by atoms with E-state index in [2.05, 4.69) is 10.4 Å². The van der Waals surface area contributed by atoms with Crippen LogP contribution in [0.25, 0.3) is 0 Å². The molecule has 1 spiro atoms. The molecule has 2 heterocycles. The van der Waals surface area contributed by atoms with Gasteiger partial charge < -0.3 is 4.74 Å². The number of hydrogen-bond acceptors (Lipinski definition) is 8. The number of Topliss-reactive ketones (excluding diaryl/α,β-unsaturated/α-hetero) is 1. The summed E-state index contributed by atoms with van der Waals surface area (Å²) < 4.78 is 5.97. The third-order valence-electron chi connectivity index (χ3n) is 6.56. The van der Waals surface area contributed by atoms with Crippen molar-refractivity contribution in [2.45, 2.75) is 48.8 Å². The highest BCUT2D eigenvalue weighted by molar-refractivity contribution is 5.90. The molecule has 2 bridgehead atoms. The smallest absolute Gasteiger partial charge is 0.174 e. The quantitative estimate of drug-likeness (QED) is 0.649. The maximum absolute atomic E-state index is 12.6. The maximum Gasteiger partial charge on any atom is 0.174 e. The first-order valence-corrected chi connectivity index (χ1v) is 8.14. The molecule has 2 N–H and O–H groups in total. The van der Waals surface area contributed by atoms with E-state index in [9.17, 15) is 14.6 Å². The lowest BCUT2D eigenvalue weighted by Crippen LogP contribution is -2.76. The molecule has 4 aliphatic rings. The average Bonchev–Trinajstić information content (AvgIpc) is 2.95. The number of carbonyl (C=O) groups is 1. The number of piperidine rings is 1. The van der Waals surface area contributed by atoms with E-state index < -0.39 is 17.1 Å². The number of ketones is 1. The Labute approximate surface area is 137 Å². The van der Waals surface area contributed by atoms with Crippen molar-refractivity contribution >= 4 is 11.5 Å². The number of benzene rings is 1. The molecule has 1 aromatic rings. The molecule has 2 aliphatic carbocycles. The summed E-state index contributed by atoms with van der Waals surface area (Å²) in [4.78, 5) is 36.0. The van der Waals surface area contributed by atoms with Crippen LogP contribution in [0.15, 0.2) is 22.5 Å². The lowest BCUT2D eigenvalue weighted by atomic mass is 9.48. The second-order valence-electron chi connectivity index (χ2n) is 7.20. The van der Waals surface area contributed by atoms with Crippen molar-refractivity contribution < 1.29 is 9.53 Å². The van der Waals surface area contributed by atoms with Gasteiger partial charge in [-0.15, -0.1) is 4.91 Å². The van der Waals surface area contributed by atoms with Gasteiger partial charge in [0, 0.05) is 18.5 Å². The average molecular weight is 328 g/mol.